The maximum absolute atomic E-state index is 11.9. The first kappa shape index (κ1) is 11.9. The molecule has 0 saturated carbocycles. The topological polar surface area (TPSA) is 40.6 Å². The van der Waals surface area contributed by atoms with Crippen LogP contribution in [0.5, 0.6) is 0 Å². The van der Waals surface area contributed by atoms with Crippen molar-refractivity contribution >= 4 is 10.2 Å². The first-order chi connectivity index (χ1) is 6.37. The van der Waals surface area contributed by atoms with Crippen molar-refractivity contribution in [3.8, 4) is 0 Å². The van der Waals surface area contributed by atoms with Crippen LogP contribution in [0.3, 0.4) is 0 Å². The smallest absolute Gasteiger partial charge is 0.195 e. The minimum Gasteiger partial charge on any atom is -0.195 e. The SMILES string of the molecule is CC(C)C1CCCN1S(=O)(=O)N(C)C. The fourth-order valence-corrected chi connectivity index (χ4v) is 3.40. The Hall–Kier alpha value is -0.130. The van der Waals surface area contributed by atoms with E-state index in [0.29, 0.717) is 12.5 Å². The van der Waals surface area contributed by atoms with Crippen LogP contribution in [-0.4, -0.2) is 43.7 Å². The maximum atomic E-state index is 11.9. The van der Waals surface area contributed by atoms with Gasteiger partial charge in [-0.2, -0.15) is 17.0 Å². The van der Waals surface area contributed by atoms with Crippen molar-refractivity contribution in [2.75, 3.05) is 20.6 Å². The first-order valence-corrected chi connectivity index (χ1v) is 6.46. The molecule has 84 valence electrons. The van der Waals surface area contributed by atoms with Gasteiger partial charge in [-0.1, -0.05) is 13.8 Å². The molecule has 0 aromatic carbocycles. The van der Waals surface area contributed by atoms with Crippen LogP contribution in [0.1, 0.15) is 26.7 Å². The second-order valence-corrected chi connectivity index (χ2v) is 6.45. The van der Waals surface area contributed by atoms with Gasteiger partial charge in [0.2, 0.25) is 0 Å². The van der Waals surface area contributed by atoms with E-state index in [-0.39, 0.29) is 6.04 Å². The van der Waals surface area contributed by atoms with E-state index in [0.717, 1.165) is 12.8 Å². The van der Waals surface area contributed by atoms with Crippen LogP contribution in [-0.2, 0) is 10.2 Å². The minimum atomic E-state index is -3.20. The van der Waals surface area contributed by atoms with E-state index in [1.54, 1.807) is 18.4 Å². The van der Waals surface area contributed by atoms with E-state index in [9.17, 15) is 8.42 Å². The Bertz CT molecular complexity index is 285. The van der Waals surface area contributed by atoms with E-state index in [4.69, 9.17) is 0 Å². The summed E-state index contributed by atoms with van der Waals surface area (Å²) in [6.45, 7) is 4.83. The molecule has 1 atom stereocenters. The van der Waals surface area contributed by atoms with Gasteiger partial charge in [-0.3, -0.25) is 0 Å². The van der Waals surface area contributed by atoms with Gasteiger partial charge >= 0.3 is 0 Å². The zero-order valence-electron chi connectivity index (χ0n) is 9.40. The highest BCUT2D eigenvalue weighted by atomic mass is 32.2. The molecule has 0 amide bonds. The zero-order chi connectivity index (χ0) is 10.9. The van der Waals surface area contributed by atoms with Gasteiger partial charge in [0, 0.05) is 26.7 Å². The van der Waals surface area contributed by atoms with Crippen LogP contribution < -0.4 is 0 Å². The summed E-state index contributed by atoms with van der Waals surface area (Å²) < 4.78 is 26.7. The Kier molecular flexibility index (Phi) is 3.55. The molecule has 1 heterocycles. The monoisotopic (exact) mass is 220 g/mol. The molecule has 1 saturated heterocycles. The molecule has 0 bridgehead atoms. The van der Waals surface area contributed by atoms with Crippen LogP contribution in [0.2, 0.25) is 0 Å². The van der Waals surface area contributed by atoms with Gasteiger partial charge in [0.05, 0.1) is 0 Å². The summed E-state index contributed by atoms with van der Waals surface area (Å²) in [5.41, 5.74) is 0. The van der Waals surface area contributed by atoms with E-state index >= 15 is 0 Å². The maximum Gasteiger partial charge on any atom is 0.281 e. The Morgan fingerprint density at radius 2 is 1.93 bits per heavy atom. The summed E-state index contributed by atoms with van der Waals surface area (Å²) in [5.74, 6) is 0.396. The Labute approximate surface area is 87.1 Å². The molecule has 1 aliphatic rings. The van der Waals surface area contributed by atoms with Crippen molar-refractivity contribution < 1.29 is 8.42 Å². The van der Waals surface area contributed by atoms with Gasteiger partial charge in [0.1, 0.15) is 0 Å². The molecule has 4 nitrogen and oxygen atoms in total. The third-order valence-electron chi connectivity index (χ3n) is 2.78. The average molecular weight is 220 g/mol. The number of rotatable bonds is 3. The normalized spacial score (nSPS) is 25.1. The molecule has 0 aliphatic carbocycles. The second-order valence-electron chi connectivity index (χ2n) is 4.35. The summed E-state index contributed by atoms with van der Waals surface area (Å²) in [5, 5.41) is 0. The average Bonchev–Trinajstić information content (AvgIpc) is 2.51. The molecule has 0 radical (unpaired) electrons. The number of hydrogen-bond acceptors (Lipinski definition) is 2. The standard InChI is InChI=1S/C9H20N2O2S/c1-8(2)9-6-5-7-11(9)14(12,13)10(3)4/h8-9H,5-7H2,1-4H3. The van der Waals surface area contributed by atoms with E-state index in [1.165, 1.54) is 4.31 Å². The molecular formula is C9H20N2O2S. The quantitative estimate of drug-likeness (QED) is 0.709. The van der Waals surface area contributed by atoms with Gasteiger partial charge in [-0.05, 0) is 18.8 Å². The van der Waals surface area contributed by atoms with E-state index in [2.05, 4.69) is 13.8 Å². The molecular weight excluding hydrogens is 200 g/mol. The molecule has 1 fully saturated rings. The lowest BCUT2D eigenvalue weighted by atomic mass is 10.0. The third-order valence-corrected chi connectivity index (χ3v) is 4.74. The predicted octanol–water partition coefficient (Wildman–Crippen LogP) is 0.913. The van der Waals surface area contributed by atoms with Crippen molar-refractivity contribution in [2.24, 2.45) is 5.92 Å². The zero-order valence-corrected chi connectivity index (χ0v) is 10.2. The lowest BCUT2D eigenvalue weighted by Crippen LogP contribution is -2.44. The van der Waals surface area contributed by atoms with Crippen molar-refractivity contribution in [3.05, 3.63) is 0 Å². The fraction of sp³-hybridized carbons (Fsp3) is 1.00. The molecule has 1 aliphatic heterocycles. The Morgan fingerprint density at radius 3 is 2.36 bits per heavy atom. The molecule has 14 heavy (non-hydrogen) atoms. The van der Waals surface area contributed by atoms with Gasteiger partial charge in [-0.25, -0.2) is 0 Å². The van der Waals surface area contributed by atoms with Gasteiger partial charge in [0.15, 0.2) is 0 Å². The summed E-state index contributed by atoms with van der Waals surface area (Å²) in [6, 6.07) is 0.183. The Morgan fingerprint density at radius 1 is 1.36 bits per heavy atom. The van der Waals surface area contributed by atoms with Crippen molar-refractivity contribution in [2.45, 2.75) is 32.7 Å². The lowest BCUT2D eigenvalue weighted by Gasteiger charge is -2.29. The van der Waals surface area contributed by atoms with Crippen LogP contribution in [0, 0.1) is 5.92 Å². The number of hydrogen-bond donors (Lipinski definition) is 0. The summed E-state index contributed by atoms with van der Waals surface area (Å²) in [7, 11) is -0.0275. The largest absolute Gasteiger partial charge is 0.281 e. The van der Waals surface area contributed by atoms with Gasteiger partial charge in [0.25, 0.3) is 10.2 Å². The molecule has 0 N–H and O–H groups in total. The lowest BCUT2D eigenvalue weighted by molar-refractivity contribution is 0.299. The van der Waals surface area contributed by atoms with Gasteiger partial charge < -0.3 is 0 Å². The summed E-state index contributed by atoms with van der Waals surface area (Å²) in [4.78, 5) is 0. The van der Waals surface area contributed by atoms with Crippen molar-refractivity contribution in [1.29, 1.82) is 0 Å². The molecule has 0 aromatic heterocycles. The summed E-state index contributed by atoms with van der Waals surface area (Å²) in [6.07, 6.45) is 1.97. The van der Waals surface area contributed by atoms with E-state index in [1.807, 2.05) is 0 Å². The molecule has 0 spiro atoms. The molecule has 0 aromatic rings. The summed E-state index contributed by atoms with van der Waals surface area (Å²) >= 11 is 0. The van der Waals surface area contributed by atoms with Crippen LogP contribution in [0.4, 0.5) is 0 Å². The van der Waals surface area contributed by atoms with Gasteiger partial charge in [-0.15, -0.1) is 0 Å². The van der Waals surface area contributed by atoms with Crippen molar-refractivity contribution in [3.63, 3.8) is 0 Å². The second kappa shape index (κ2) is 4.16. The fourth-order valence-electron chi connectivity index (χ4n) is 1.93. The van der Waals surface area contributed by atoms with Crippen LogP contribution in [0.15, 0.2) is 0 Å². The first-order valence-electron chi connectivity index (χ1n) is 5.06. The highest BCUT2D eigenvalue weighted by molar-refractivity contribution is 7.86. The van der Waals surface area contributed by atoms with Crippen molar-refractivity contribution in [1.82, 2.24) is 8.61 Å². The minimum absolute atomic E-state index is 0.183. The molecule has 5 heteroatoms. The van der Waals surface area contributed by atoms with E-state index < -0.39 is 10.2 Å². The van der Waals surface area contributed by atoms with Crippen LogP contribution in [0.25, 0.3) is 0 Å². The van der Waals surface area contributed by atoms with Crippen LogP contribution >= 0.6 is 0 Å². The Balaban J connectivity index is 2.87. The molecule has 1 rings (SSSR count). The molecule has 1 unspecified atom stereocenters. The number of nitrogens with zero attached hydrogens (tertiary/aromatic N) is 2. The third kappa shape index (κ3) is 2.10. The predicted molar refractivity (Wildman–Crippen MR) is 57.2 cm³/mol. The highest BCUT2D eigenvalue weighted by Crippen LogP contribution is 2.27. The highest BCUT2D eigenvalue weighted by Gasteiger charge is 2.36.